The summed E-state index contributed by atoms with van der Waals surface area (Å²) in [6, 6.07) is 19.3. The van der Waals surface area contributed by atoms with Crippen LogP contribution in [0.5, 0.6) is 5.75 Å². The van der Waals surface area contributed by atoms with Crippen LogP contribution in [0.2, 0.25) is 0 Å². The molecule has 156 valence electrons. The smallest absolute Gasteiger partial charge is 0.396 e. The van der Waals surface area contributed by atoms with E-state index in [0.717, 1.165) is 11.3 Å². The molecule has 0 heterocycles. The van der Waals surface area contributed by atoms with Crippen molar-refractivity contribution in [3.05, 3.63) is 101 Å². The normalized spacial score (nSPS) is 12.8. The van der Waals surface area contributed by atoms with Gasteiger partial charge in [-0.05, 0) is 48.2 Å². The maximum absolute atomic E-state index is 14.5. The van der Waals surface area contributed by atoms with Crippen molar-refractivity contribution in [1.82, 2.24) is 0 Å². The Morgan fingerprint density at radius 1 is 0.900 bits per heavy atom. The van der Waals surface area contributed by atoms with Crippen molar-refractivity contribution in [3.8, 4) is 5.75 Å². The second-order valence-electron chi connectivity index (χ2n) is 6.90. The zero-order valence-electron chi connectivity index (χ0n) is 16.5. The molecule has 0 saturated heterocycles. The van der Waals surface area contributed by atoms with Gasteiger partial charge in [-0.2, -0.15) is 13.2 Å². The van der Waals surface area contributed by atoms with Crippen molar-refractivity contribution in [2.75, 3.05) is 6.61 Å². The maximum atomic E-state index is 14.5. The highest BCUT2D eigenvalue weighted by Crippen LogP contribution is 2.37. The molecule has 0 radical (unpaired) electrons. The van der Waals surface area contributed by atoms with Gasteiger partial charge < -0.3 is 4.74 Å². The highest BCUT2D eigenvalue weighted by Gasteiger charge is 2.40. The van der Waals surface area contributed by atoms with Gasteiger partial charge in [-0.25, -0.2) is 4.39 Å². The van der Waals surface area contributed by atoms with E-state index in [1.807, 2.05) is 31.2 Å². The van der Waals surface area contributed by atoms with Gasteiger partial charge in [0.15, 0.2) is 0 Å². The van der Waals surface area contributed by atoms with Crippen LogP contribution in [0.25, 0.3) is 12.2 Å². The molecule has 0 bridgehead atoms. The fourth-order valence-electron chi connectivity index (χ4n) is 3.20. The molecule has 0 aliphatic rings. The quantitative estimate of drug-likeness (QED) is 0.291. The fourth-order valence-corrected chi connectivity index (χ4v) is 3.20. The first kappa shape index (κ1) is 21.6. The second kappa shape index (κ2) is 9.61. The Morgan fingerprint density at radius 3 is 2.20 bits per heavy atom. The van der Waals surface area contributed by atoms with E-state index < -0.39 is 17.9 Å². The van der Waals surface area contributed by atoms with Gasteiger partial charge in [-0.15, -0.1) is 0 Å². The molecule has 1 nitrogen and oxygen atoms in total. The predicted molar refractivity (Wildman–Crippen MR) is 112 cm³/mol. The number of hydrogen-bond acceptors (Lipinski definition) is 1. The molecular weight excluding hydrogens is 392 g/mol. The van der Waals surface area contributed by atoms with Crippen LogP contribution < -0.4 is 4.74 Å². The van der Waals surface area contributed by atoms with Crippen molar-refractivity contribution in [2.45, 2.75) is 25.4 Å². The lowest BCUT2D eigenvalue weighted by Gasteiger charge is -2.21. The van der Waals surface area contributed by atoms with E-state index in [-0.39, 0.29) is 12.0 Å². The third-order valence-corrected chi connectivity index (χ3v) is 4.75. The molecule has 0 spiro atoms. The molecule has 0 fully saturated rings. The minimum Gasteiger partial charge on any atom is -0.494 e. The third kappa shape index (κ3) is 5.72. The summed E-state index contributed by atoms with van der Waals surface area (Å²) in [5, 5.41) is 0. The molecule has 0 unspecified atom stereocenters. The minimum atomic E-state index is -4.41. The van der Waals surface area contributed by atoms with E-state index in [1.54, 1.807) is 36.4 Å². The molecule has 1 atom stereocenters. The van der Waals surface area contributed by atoms with E-state index in [9.17, 15) is 17.6 Å². The highest BCUT2D eigenvalue weighted by atomic mass is 19.4. The van der Waals surface area contributed by atoms with Crippen LogP contribution in [-0.4, -0.2) is 12.8 Å². The van der Waals surface area contributed by atoms with Crippen molar-refractivity contribution in [3.63, 3.8) is 0 Å². The average Bonchev–Trinajstić information content (AvgIpc) is 2.72. The molecule has 5 heteroatoms. The van der Waals surface area contributed by atoms with E-state index in [1.165, 1.54) is 24.3 Å². The van der Waals surface area contributed by atoms with Gasteiger partial charge in [0.1, 0.15) is 11.6 Å². The number of hydrogen-bond donors (Lipinski definition) is 0. The largest absolute Gasteiger partial charge is 0.494 e. The molecule has 3 aromatic rings. The van der Waals surface area contributed by atoms with E-state index in [2.05, 4.69) is 0 Å². The van der Waals surface area contributed by atoms with Gasteiger partial charge in [0.05, 0.1) is 12.5 Å². The summed E-state index contributed by atoms with van der Waals surface area (Å²) in [5.41, 5.74) is 1.65. The SMILES string of the molecule is CCOc1ccc(C=Cc2ccc(C[C@H](c3ccccc3)C(F)(F)F)cc2F)cc1. The van der Waals surface area contributed by atoms with E-state index in [4.69, 9.17) is 4.74 Å². The van der Waals surface area contributed by atoms with Crippen LogP contribution in [-0.2, 0) is 6.42 Å². The monoisotopic (exact) mass is 414 g/mol. The van der Waals surface area contributed by atoms with Crippen molar-refractivity contribution < 1.29 is 22.3 Å². The zero-order chi connectivity index (χ0) is 21.6. The Hall–Kier alpha value is -3.08. The van der Waals surface area contributed by atoms with Gasteiger partial charge in [0, 0.05) is 5.56 Å². The van der Waals surface area contributed by atoms with Crippen molar-refractivity contribution in [1.29, 1.82) is 0 Å². The lowest BCUT2D eigenvalue weighted by molar-refractivity contribution is -0.150. The topological polar surface area (TPSA) is 9.23 Å². The van der Waals surface area contributed by atoms with E-state index in [0.29, 0.717) is 17.7 Å². The molecule has 0 saturated carbocycles. The predicted octanol–water partition coefficient (Wildman–Crippen LogP) is 7.28. The summed E-state index contributed by atoms with van der Waals surface area (Å²) >= 11 is 0. The van der Waals surface area contributed by atoms with Crippen molar-refractivity contribution >= 4 is 12.2 Å². The van der Waals surface area contributed by atoms with Gasteiger partial charge in [0.25, 0.3) is 0 Å². The standard InChI is InChI=1S/C25H22F4O/c1-2-30-22-14-10-18(11-15-22)8-12-21-13-9-19(17-24(21)26)16-23(25(27,28)29)20-6-4-3-5-7-20/h3-15,17,23H,2,16H2,1H3/t23-/m1/s1. The Morgan fingerprint density at radius 2 is 1.60 bits per heavy atom. The highest BCUT2D eigenvalue weighted by molar-refractivity contribution is 5.70. The number of ether oxygens (including phenoxy) is 1. The van der Waals surface area contributed by atoms with Crippen LogP contribution in [0.1, 0.15) is 35.1 Å². The number of alkyl halides is 3. The first-order valence-corrected chi connectivity index (χ1v) is 9.68. The summed E-state index contributed by atoms with van der Waals surface area (Å²) in [4.78, 5) is 0. The molecule has 0 N–H and O–H groups in total. The summed E-state index contributed by atoms with van der Waals surface area (Å²) < 4.78 is 60.5. The molecule has 3 aromatic carbocycles. The molecule has 0 aliphatic carbocycles. The van der Waals surface area contributed by atoms with Crippen LogP contribution in [0.4, 0.5) is 17.6 Å². The first-order valence-electron chi connectivity index (χ1n) is 9.68. The molecule has 0 amide bonds. The first-order chi connectivity index (χ1) is 14.4. The molecular formula is C25H22F4O. The van der Waals surface area contributed by atoms with Gasteiger partial charge in [0.2, 0.25) is 0 Å². The van der Waals surface area contributed by atoms with Gasteiger partial charge in [-0.3, -0.25) is 0 Å². The summed E-state index contributed by atoms with van der Waals surface area (Å²) in [7, 11) is 0. The molecule has 0 aromatic heterocycles. The van der Waals surface area contributed by atoms with Crippen LogP contribution in [0, 0.1) is 5.82 Å². The second-order valence-corrected chi connectivity index (χ2v) is 6.90. The Kier molecular flexibility index (Phi) is 6.93. The maximum Gasteiger partial charge on any atom is 0.396 e. The van der Waals surface area contributed by atoms with Crippen molar-refractivity contribution in [2.24, 2.45) is 0 Å². The lowest BCUT2D eigenvalue weighted by atomic mass is 9.91. The Balaban J connectivity index is 1.75. The molecule has 3 rings (SSSR count). The minimum absolute atomic E-state index is 0.171. The molecule has 0 aliphatic heterocycles. The van der Waals surface area contributed by atoms with Crippen LogP contribution in [0.3, 0.4) is 0 Å². The van der Waals surface area contributed by atoms with Crippen LogP contribution in [0.15, 0.2) is 72.8 Å². The average molecular weight is 414 g/mol. The summed E-state index contributed by atoms with van der Waals surface area (Å²) in [6.07, 6.45) is -1.37. The lowest BCUT2D eigenvalue weighted by Crippen LogP contribution is -2.23. The van der Waals surface area contributed by atoms with E-state index >= 15 is 0 Å². The number of rotatable bonds is 7. The summed E-state index contributed by atoms with van der Waals surface area (Å²) in [6.45, 7) is 2.48. The number of halogens is 4. The van der Waals surface area contributed by atoms with Gasteiger partial charge in [-0.1, -0.05) is 66.7 Å². The molecule has 30 heavy (non-hydrogen) atoms. The Bertz CT molecular complexity index is 976. The zero-order valence-corrected chi connectivity index (χ0v) is 16.5. The summed E-state index contributed by atoms with van der Waals surface area (Å²) in [5.74, 6) is -1.48. The third-order valence-electron chi connectivity index (χ3n) is 4.75. The van der Waals surface area contributed by atoms with Gasteiger partial charge >= 0.3 is 6.18 Å². The Labute approximate surface area is 173 Å². The number of benzene rings is 3. The fraction of sp³-hybridized carbons (Fsp3) is 0.200. The van der Waals surface area contributed by atoms with Crippen LogP contribution >= 0.6 is 0 Å².